The van der Waals surface area contributed by atoms with Crippen LogP contribution in [0.25, 0.3) is 0 Å². The molecule has 2 N–H and O–H groups in total. The number of benzene rings is 1. The molecule has 4 amide bonds. The Labute approximate surface area is 159 Å². The van der Waals surface area contributed by atoms with Crippen molar-refractivity contribution in [2.24, 2.45) is 0 Å². The van der Waals surface area contributed by atoms with Crippen LogP contribution in [0, 0.1) is 5.82 Å². The average molecular weight is 377 g/mol. The number of carbonyl (C=O) groups excluding carboxylic acids is 3. The number of nitrogens with one attached hydrogen (secondary N) is 2. The van der Waals surface area contributed by atoms with Crippen molar-refractivity contribution in [2.75, 3.05) is 6.54 Å². The molecule has 1 heterocycles. The molecular weight excluding hydrogens is 349 g/mol. The highest BCUT2D eigenvalue weighted by molar-refractivity contribution is 6.08. The van der Waals surface area contributed by atoms with Gasteiger partial charge in [-0.25, -0.2) is 9.18 Å². The lowest BCUT2D eigenvalue weighted by Gasteiger charge is -2.21. The Morgan fingerprint density at radius 3 is 2.48 bits per heavy atom. The number of nitrogens with zero attached hydrogens (tertiary/aromatic N) is 1. The van der Waals surface area contributed by atoms with E-state index in [9.17, 15) is 18.8 Å². The molecule has 1 aromatic carbocycles. The fraction of sp³-hybridized carbons (Fsp3) is 0.550. The number of hydrogen-bond acceptors (Lipinski definition) is 3. The van der Waals surface area contributed by atoms with Gasteiger partial charge in [0, 0.05) is 6.54 Å². The van der Waals surface area contributed by atoms with Crippen molar-refractivity contribution in [3.8, 4) is 0 Å². The van der Waals surface area contributed by atoms with Crippen LogP contribution in [-0.4, -0.2) is 34.8 Å². The second kappa shape index (κ2) is 9.48. The highest BCUT2D eigenvalue weighted by Gasteiger charge is 2.47. The maximum atomic E-state index is 12.9. The second-order valence-corrected chi connectivity index (χ2v) is 7.22. The molecule has 6 nitrogen and oxygen atoms in total. The Bertz CT molecular complexity index is 678. The van der Waals surface area contributed by atoms with Crippen molar-refractivity contribution in [3.05, 3.63) is 35.6 Å². The summed E-state index contributed by atoms with van der Waals surface area (Å²) in [5.41, 5.74) is -0.209. The third-order valence-corrected chi connectivity index (χ3v) is 4.83. The van der Waals surface area contributed by atoms with E-state index in [0.29, 0.717) is 6.42 Å². The summed E-state index contributed by atoms with van der Waals surface area (Å²) in [5.74, 6) is -1.15. The van der Waals surface area contributed by atoms with Gasteiger partial charge in [-0.15, -0.1) is 0 Å². The number of halogens is 1. The summed E-state index contributed by atoms with van der Waals surface area (Å²) in [6.45, 7) is 3.74. The highest BCUT2D eigenvalue weighted by Crippen LogP contribution is 2.24. The van der Waals surface area contributed by atoms with Crippen molar-refractivity contribution >= 4 is 17.8 Å². The Hall–Kier alpha value is -2.44. The third-order valence-electron chi connectivity index (χ3n) is 4.83. The molecule has 0 spiro atoms. The summed E-state index contributed by atoms with van der Waals surface area (Å²) in [6.07, 6.45) is 5.86. The number of urea groups is 1. The minimum absolute atomic E-state index is 0.206. The standard InChI is InChI=1S/C20H28FN3O3/c1-3-4-5-6-7-12-20(2)18(26)24(19(27)23-20)14-17(25)22-13-15-8-10-16(21)11-9-15/h8-11H,3-7,12-14H2,1-2H3,(H,22,25)(H,23,27). The molecule has 1 aliphatic heterocycles. The Morgan fingerprint density at radius 2 is 1.81 bits per heavy atom. The average Bonchev–Trinajstić information content (AvgIpc) is 2.84. The van der Waals surface area contributed by atoms with Crippen LogP contribution in [0.3, 0.4) is 0 Å². The van der Waals surface area contributed by atoms with E-state index in [4.69, 9.17) is 0 Å². The highest BCUT2D eigenvalue weighted by atomic mass is 19.1. The number of hydrogen-bond donors (Lipinski definition) is 2. The maximum Gasteiger partial charge on any atom is 0.325 e. The molecule has 1 atom stereocenters. The van der Waals surface area contributed by atoms with Gasteiger partial charge in [-0.1, -0.05) is 51.2 Å². The zero-order valence-corrected chi connectivity index (χ0v) is 16.0. The molecule has 1 aliphatic rings. The molecule has 1 saturated heterocycles. The van der Waals surface area contributed by atoms with Gasteiger partial charge in [-0.05, 0) is 31.0 Å². The van der Waals surface area contributed by atoms with Crippen LogP contribution in [0.5, 0.6) is 0 Å². The van der Waals surface area contributed by atoms with E-state index in [1.54, 1.807) is 19.1 Å². The molecule has 0 radical (unpaired) electrons. The first-order valence-electron chi connectivity index (χ1n) is 9.51. The molecule has 27 heavy (non-hydrogen) atoms. The first kappa shape index (κ1) is 20.9. The number of imide groups is 1. The van der Waals surface area contributed by atoms with Gasteiger partial charge in [0.2, 0.25) is 5.91 Å². The van der Waals surface area contributed by atoms with Crippen molar-refractivity contribution in [2.45, 2.75) is 64.5 Å². The number of rotatable bonds is 10. The molecule has 1 unspecified atom stereocenters. The Kier molecular flexibility index (Phi) is 7.33. The van der Waals surface area contributed by atoms with Crippen LogP contribution >= 0.6 is 0 Å². The van der Waals surface area contributed by atoms with E-state index in [0.717, 1.165) is 42.6 Å². The molecule has 1 fully saturated rings. The van der Waals surface area contributed by atoms with Crippen molar-refractivity contribution < 1.29 is 18.8 Å². The summed E-state index contributed by atoms with van der Waals surface area (Å²) in [4.78, 5) is 37.9. The zero-order valence-electron chi connectivity index (χ0n) is 16.0. The maximum absolute atomic E-state index is 12.9. The summed E-state index contributed by atoms with van der Waals surface area (Å²) < 4.78 is 12.9. The lowest BCUT2D eigenvalue weighted by Crippen LogP contribution is -2.45. The summed E-state index contributed by atoms with van der Waals surface area (Å²) in [7, 11) is 0. The second-order valence-electron chi connectivity index (χ2n) is 7.22. The number of unbranched alkanes of at least 4 members (excludes halogenated alkanes) is 4. The lowest BCUT2D eigenvalue weighted by atomic mass is 9.94. The van der Waals surface area contributed by atoms with Crippen LogP contribution in [-0.2, 0) is 16.1 Å². The molecule has 0 saturated carbocycles. The monoisotopic (exact) mass is 377 g/mol. The third kappa shape index (κ3) is 5.77. The van der Waals surface area contributed by atoms with E-state index < -0.39 is 17.5 Å². The Balaban J connectivity index is 1.82. The van der Waals surface area contributed by atoms with Gasteiger partial charge < -0.3 is 10.6 Å². The van der Waals surface area contributed by atoms with E-state index in [1.807, 2.05) is 0 Å². The minimum Gasteiger partial charge on any atom is -0.350 e. The van der Waals surface area contributed by atoms with Gasteiger partial charge >= 0.3 is 6.03 Å². The first-order valence-corrected chi connectivity index (χ1v) is 9.51. The predicted molar refractivity (Wildman–Crippen MR) is 100 cm³/mol. The predicted octanol–water partition coefficient (Wildman–Crippen LogP) is 3.11. The van der Waals surface area contributed by atoms with Crippen LogP contribution in [0.15, 0.2) is 24.3 Å². The molecular formula is C20H28FN3O3. The van der Waals surface area contributed by atoms with Crippen LogP contribution in [0.4, 0.5) is 9.18 Å². The fourth-order valence-corrected chi connectivity index (χ4v) is 3.14. The van der Waals surface area contributed by atoms with E-state index in [2.05, 4.69) is 17.6 Å². The van der Waals surface area contributed by atoms with Gasteiger partial charge in [-0.3, -0.25) is 14.5 Å². The van der Waals surface area contributed by atoms with Gasteiger partial charge in [0.25, 0.3) is 5.91 Å². The first-order chi connectivity index (χ1) is 12.9. The number of carbonyl (C=O) groups is 3. The van der Waals surface area contributed by atoms with Crippen LogP contribution in [0.1, 0.15) is 57.9 Å². The molecule has 0 bridgehead atoms. The molecule has 148 valence electrons. The molecule has 7 heteroatoms. The summed E-state index contributed by atoms with van der Waals surface area (Å²) in [6, 6.07) is 5.22. The largest absolute Gasteiger partial charge is 0.350 e. The normalized spacial score (nSPS) is 19.3. The minimum atomic E-state index is -0.944. The van der Waals surface area contributed by atoms with Crippen LogP contribution < -0.4 is 10.6 Å². The molecule has 2 rings (SSSR count). The van der Waals surface area contributed by atoms with Crippen molar-refractivity contribution in [3.63, 3.8) is 0 Å². The molecule has 0 aromatic heterocycles. The fourth-order valence-electron chi connectivity index (χ4n) is 3.14. The van der Waals surface area contributed by atoms with Gasteiger partial charge in [0.05, 0.1) is 0 Å². The molecule has 0 aliphatic carbocycles. The van der Waals surface area contributed by atoms with E-state index in [1.165, 1.54) is 12.1 Å². The van der Waals surface area contributed by atoms with Gasteiger partial charge in [0.1, 0.15) is 17.9 Å². The smallest absolute Gasteiger partial charge is 0.325 e. The van der Waals surface area contributed by atoms with Gasteiger partial charge in [0.15, 0.2) is 0 Å². The zero-order chi connectivity index (χ0) is 19.9. The quantitative estimate of drug-likeness (QED) is 0.486. The number of amides is 4. The SMILES string of the molecule is CCCCCCCC1(C)NC(=O)N(CC(=O)NCc2ccc(F)cc2)C1=O. The Morgan fingerprint density at radius 1 is 1.15 bits per heavy atom. The van der Waals surface area contributed by atoms with E-state index >= 15 is 0 Å². The van der Waals surface area contributed by atoms with Crippen molar-refractivity contribution in [1.82, 2.24) is 15.5 Å². The lowest BCUT2D eigenvalue weighted by molar-refractivity contribution is -0.134. The topological polar surface area (TPSA) is 78.5 Å². The van der Waals surface area contributed by atoms with Gasteiger partial charge in [-0.2, -0.15) is 0 Å². The van der Waals surface area contributed by atoms with Crippen molar-refractivity contribution in [1.29, 1.82) is 0 Å². The molecule has 1 aromatic rings. The van der Waals surface area contributed by atoms with E-state index in [-0.39, 0.29) is 24.8 Å². The van der Waals surface area contributed by atoms with Crippen LogP contribution in [0.2, 0.25) is 0 Å². The summed E-state index contributed by atoms with van der Waals surface area (Å²) >= 11 is 0. The summed E-state index contributed by atoms with van der Waals surface area (Å²) in [5, 5.41) is 5.37.